The maximum absolute atomic E-state index is 12.5. The molecule has 0 aliphatic heterocycles. The Morgan fingerprint density at radius 1 is 1.04 bits per heavy atom. The molecule has 0 aliphatic rings. The topological polar surface area (TPSA) is 60.5 Å². The highest BCUT2D eigenvalue weighted by molar-refractivity contribution is 7.14. The fourth-order valence-electron chi connectivity index (χ4n) is 2.60. The van der Waals surface area contributed by atoms with E-state index in [0.717, 1.165) is 22.4 Å². The van der Waals surface area contributed by atoms with E-state index < -0.39 is 0 Å². The lowest BCUT2D eigenvalue weighted by atomic mass is 10.1. The summed E-state index contributed by atoms with van der Waals surface area (Å²) < 4.78 is 10.6. The first kappa shape index (κ1) is 17.9. The number of rotatable bonds is 5. The molecule has 0 bridgehead atoms. The number of ether oxygens (including phenoxy) is 2. The van der Waals surface area contributed by atoms with E-state index in [-0.39, 0.29) is 5.91 Å². The first-order valence-electron chi connectivity index (χ1n) is 8.08. The molecule has 0 spiro atoms. The lowest BCUT2D eigenvalue weighted by molar-refractivity contribution is 0.102. The molecule has 2 aromatic carbocycles. The van der Waals surface area contributed by atoms with Gasteiger partial charge in [-0.1, -0.05) is 17.7 Å². The monoisotopic (exact) mass is 368 g/mol. The maximum Gasteiger partial charge on any atom is 0.257 e. The summed E-state index contributed by atoms with van der Waals surface area (Å²) in [5.74, 6) is 1.15. The number of aromatic nitrogens is 1. The van der Waals surface area contributed by atoms with E-state index in [9.17, 15) is 4.79 Å². The fourth-order valence-corrected chi connectivity index (χ4v) is 3.32. The number of carbonyl (C=O) groups excluding carboxylic acids is 1. The Hall–Kier alpha value is -2.86. The second-order valence-corrected chi connectivity index (χ2v) is 6.74. The second kappa shape index (κ2) is 7.58. The van der Waals surface area contributed by atoms with Gasteiger partial charge in [0.15, 0.2) is 16.6 Å². The van der Waals surface area contributed by atoms with Crippen molar-refractivity contribution in [3.8, 4) is 22.8 Å². The van der Waals surface area contributed by atoms with Gasteiger partial charge in [0.25, 0.3) is 5.91 Å². The van der Waals surface area contributed by atoms with Crippen LogP contribution in [0.5, 0.6) is 11.5 Å². The van der Waals surface area contributed by atoms with Gasteiger partial charge in [-0.05, 0) is 43.7 Å². The Morgan fingerprint density at radius 2 is 1.81 bits per heavy atom. The highest BCUT2D eigenvalue weighted by Gasteiger charge is 2.13. The van der Waals surface area contributed by atoms with Gasteiger partial charge in [-0.15, -0.1) is 11.3 Å². The van der Waals surface area contributed by atoms with Gasteiger partial charge in [0.05, 0.1) is 19.9 Å². The van der Waals surface area contributed by atoms with Crippen molar-refractivity contribution in [2.45, 2.75) is 13.8 Å². The molecule has 1 amide bonds. The van der Waals surface area contributed by atoms with Gasteiger partial charge < -0.3 is 9.47 Å². The Bertz CT molecular complexity index is 950. The minimum absolute atomic E-state index is 0.153. The van der Waals surface area contributed by atoms with Crippen molar-refractivity contribution in [3.63, 3.8) is 0 Å². The zero-order valence-corrected chi connectivity index (χ0v) is 15.9. The number of thiazole rings is 1. The summed E-state index contributed by atoms with van der Waals surface area (Å²) in [7, 11) is 3.19. The van der Waals surface area contributed by atoms with Crippen LogP contribution < -0.4 is 14.8 Å². The number of nitrogens with zero attached hydrogens (tertiary/aromatic N) is 1. The predicted octanol–water partition coefficient (Wildman–Crippen LogP) is 4.70. The molecule has 26 heavy (non-hydrogen) atoms. The van der Waals surface area contributed by atoms with E-state index in [1.165, 1.54) is 11.3 Å². The minimum Gasteiger partial charge on any atom is -0.493 e. The van der Waals surface area contributed by atoms with Crippen LogP contribution in [0.2, 0.25) is 0 Å². The number of carbonyl (C=O) groups is 1. The summed E-state index contributed by atoms with van der Waals surface area (Å²) >= 11 is 1.39. The maximum atomic E-state index is 12.5. The Balaban J connectivity index is 1.82. The molecule has 3 rings (SSSR count). The predicted molar refractivity (Wildman–Crippen MR) is 105 cm³/mol. The molecule has 5 nitrogen and oxygen atoms in total. The van der Waals surface area contributed by atoms with Crippen LogP contribution in [0.25, 0.3) is 11.3 Å². The minimum atomic E-state index is -0.153. The summed E-state index contributed by atoms with van der Waals surface area (Å²) in [5, 5.41) is 5.34. The normalized spacial score (nSPS) is 10.5. The van der Waals surface area contributed by atoms with Crippen molar-refractivity contribution in [2.24, 2.45) is 0 Å². The first-order chi connectivity index (χ1) is 12.5. The average Bonchev–Trinajstić information content (AvgIpc) is 3.11. The number of amides is 1. The van der Waals surface area contributed by atoms with Crippen molar-refractivity contribution in [1.29, 1.82) is 0 Å². The third-order valence-corrected chi connectivity index (χ3v) is 4.80. The van der Waals surface area contributed by atoms with Crippen LogP contribution in [0.3, 0.4) is 0 Å². The molecule has 134 valence electrons. The quantitative estimate of drug-likeness (QED) is 0.709. The second-order valence-electron chi connectivity index (χ2n) is 5.88. The number of methoxy groups -OCH3 is 2. The highest BCUT2D eigenvalue weighted by Crippen LogP contribution is 2.33. The van der Waals surface area contributed by atoms with Crippen LogP contribution in [-0.4, -0.2) is 25.1 Å². The lowest BCUT2D eigenvalue weighted by Crippen LogP contribution is -2.13. The van der Waals surface area contributed by atoms with Crippen molar-refractivity contribution in [3.05, 3.63) is 58.5 Å². The van der Waals surface area contributed by atoms with E-state index in [0.29, 0.717) is 22.2 Å². The number of benzene rings is 2. The van der Waals surface area contributed by atoms with Crippen molar-refractivity contribution in [2.75, 3.05) is 19.5 Å². The molecule has 0 saturated heterocycles. The number of hydrogen-bond acceptors (Lipinski definition) is 5. The number of hydrogen-bond donors (Lipinski definition) is 1. The number of nitrogens with one attached hydrogen (secondary N) is 1. The third-order valence-electron chi connectivity index (χ3n) is 4.04. The molecule has 1 aromatic heterocycles. The summed E-state index contributed by atoms with van der Waals surface area (Å²) in [6.45, 7) is 3.89. The van der Waals surface area contributed by atoms with E-state index >= 15 is 0 Å². The fraction of sp³-hybridized carbons (Fsp3) is 0.200. The van der Waals surface area contributed by atoms with Gasteiger partial charge >= 0.3 is 0 Å². The molecule has 0 unspecified atom stereocenters. The van der Waals surface area contributed by atoms with Crippen LogP contribution >= 0.6 is 11.3 Å². The largest absolute Gasteiger partial charge is 0.493 e. The standard InChI is InChI=1S/C20H20N2O3S/c1-12-5-6-13(2)15(9-12)19(23)22-20-21-16(11-26-20)14-7-8-17(24-3)18(10-14)25-4/h5-11H,1-4H3,(H,21,22,23). The molecule has 1 N–H and O–H groups in total. The van der Waals surface area contributed by atoms with Gasteiger partial charge in [0.2, 0.25) is 0 Å². The van der Waals surface area contributed by atoms with E-state index in [4.69, 9.17) is 9.47 Å². The number of anilines is 1. The van der Waals surface area contributed by atoms with Crippen molar-refractivity contribution in [1.82, 2.24) is 4.98 Å². The van der Waals surface area contributed by atoms with Gasteiger partial charge in [0.1, 0.15) is 0 Å². The summed E-state index contributed by atoms with van der Waals surface area (Å²) in [4.78, 5) is 17.1. The van der Waals surface area contributed by atoms with Crippen LogP contribution in [0.4, 0.5) is 5.13 Å². The Kier molecular flexibility index (Phi) is 5.23. The van der Waals surface area contributed by atoms with E-state index in [1.54, 1.807) is 14.2 Å². The molecule has 6 heteroatoms. The van der Waals surface area contributed by atoms with Gasteiger partial charge in [-0.25, -0.2) is 4.98 Å². The molecule has 0 saturated carbocycles. The Labute approximate surface area is 156 Å². The Morgan fingerprint density at radius 3 is 2.54 bits per heavy atom. The lowest BCUT2D eigenvalue weighted by Gasteiger charge is -2.08. The molecule has 0 aliphatic carbocycles. The van der Waals surface area contributed by atoms with Crippen molar-refractivity contribution < 1.29 is 14.3 Å². The van der Waals surface area contributed by atoms with Crippen LogP contribution in [0.1, 0.15) is 21.5 Å². The summed E-state index contributed by atoms with van der Waals surface area (Å²) in [6, 6.07) is 11.4. The molecule has 1 heterocycles. The number of aryl methyl sites for hydroxylation is 2. The molecule has 3 aromatic rings. The van der Waals surface area contributed by atoms with Crippen LogP contribution in [0.15, 0.2) is 41.8 Å². The summed E-state index contributed by atoms with van der Waals surface area (Å²) in [6.07, 6.45) is 0. The molecular formula is C20H20N2O3S. The zero-order valence-electron chi connectivity index (χ0n) is 15.1. The van der Waals surface area contributed by atoms with Gasteiger partial charge in [-0.3, -0.25) is 10.1 Å². The summed E-state index contributed by atoms with van der Waals surface area (Å²) in [5.41, 5.74) is 4.31. The van der Waals surface area contributed by atoms with Gasteiger partial charge in [0, 0.05) is 16.5 Å². The smallest absolute Gasteiger partial charge is 0.257 e. The van der Waals surface area contributed by atoms with E-state index in [1.807, 2.05) is 55.6 Å². The SMILES string of the molecule is COc1ccc(-c2csc(NC(=O)c3cc(C)ccc3C)n2)cc1OC. The van der Waals surface area contributed by atoms with Crippen LogP contribution in [0, 0.1) is 13.8 Å². The van der Waals surface area contributed by atoms with Crippen molar-refractivity contribution >= 4 is 22.4 Å². The van der Waals surface area contributed by atoms with E-state index in [2.05, 4.69) is 10.3 Å². The molecule has 0 atom stereocenters. The molecular weight excluding hydrogens is 348 g/mol. The first-order valence-corrected chi connectivity index (χ1v) is 8.96. The van der Waals surface area contributed by atoms with Gasteiger partial charge in [-0.2, -0.15) is 0 Å². The molecule has 0 fully saturated rings. The average molecular weight is 368 g/mol. The van der Waals surface area contributed by atoms with Crippen LogP contribution in [-0.2, 0) is 0 Å². The molecule has 0 radical (unpaired) electrons. The third kappa shape index (κ3) is 3.70. The zero-order chi connectivity index (χ0) is 18.7. The highest BCUT2D eigenvalue weighted by atomic mass is 32.1.